The lowest BCUT2D eigenvalue weighted by atomic mass is 10.1. The predicted molar refractivity (Wildman–Crippen MR) is 83.9 cm³/mol. The third-order valence-corrected chi connectivity index (χ3v) is 2.88. The minimum atomic E-state index is -0.225. The van der Waals surface area contributed by atoms with Gasteiger partial charge < -0.3 is 4.74 Å². The molecular weight excluding hydrogens is 264 g/mol. The van der Waals surface area contributed by atoms with Crippen molar-refractivity contribution in [3.8, 4) is 5.75 Å². The van der Waals surface area contributed by atoms with Crippen molar-refractivity contribution in [1.82, 2.24) is 5.43 Å². The molecule has 0 aliphatic heterocycles. The Labute approximate surface area is 124 Å². The maximum Gasteiger partial charge on any atom is 0.271 e. The van der Waals surface area contributed by atoms with Crippen LogP contribution in [-0.2, 0) is 0 Å². The molecule has 0 bridgehead atoms. The lowest BCUT2D eigenvalue weighted by Crippen LogP contribution is -2.17. The highest BCUT2D eigenvalue weighted by Crippen LogP contribution is 2.10. The standard InChI is InChI=1S/C17H18N2O2/c1-3-21-16-10-6-14(7-11-16)12-18-19-17(20)15-8-4-13(2)5-9-15/h4-12H,3H2,1-2H3,(H,19,20)/b18-12+. The van der Waals surface area contributed by atoms with E-state index in [9.17, 15) is 4.79 Å². The number of nitrogens with zero attached hydrogens (tertiary/aromatic N) is 1. The molecule has 0 saturated heterocycles. The third-order valence-electron chi connectivity index (χ3n) is 2.88. The topological polar surface area (TPSA) is 50.7 Å². The molecule has 0 aromatic heterocycles. The van der Waals surface area contributed by atoms with E-state index in [1.54, 1.807) is 18.3 Å². The van der Waals surface area contributed by atoms with E-state index >= 15 is 0 Å². The molecule has 2 aromatic carbocycles. The Bertz CT molecular complexity index is 616. The van der Waals surface area contributed by atoms with Crippen molar-refractivity contribution in [1.29, 1.82) is 0 Å². The maximum atomic E-state index is 11.8. The average Bonchev–Trinajstić information content (AvgIpc) is 2.50. The second-order valence-electron chi connectivity index (χ2n) is 4.57. The van der Waals surface area contributed by atoms with Crippen LogP contribution in [0.15, 0.2) is 53.6 Å². The lowest BCUT2D eigenvalue weighted by molar-refractivity contribution is 0.0955. The van der Waals surface area contributed by atoms with Crippen molar-refractivity contribution < 1.29 is 9.53 Å². The first-order valence-corrected chi connectivity index (χ1v) is 6.82. The van der Waals surface area contributed by atoms with Crippen molar-refractivity contribution in [2.24, 2.45) is 5.10 Å². The van der Waals surface area contributed by atoms with Crippen LogP contribution in [0.5, 0.6) is 5.75 Å². The molecule has 1 amide bonds. The Balaban J connectivity index is 1.92. The van der Waals surface area contributed by atoms with Crippen LogP contribution in [-0.4, -0.2) is 18.7 Å². The van der Waals surface area contributed by atoms with Gasteiger partial charge in [0.05, 0.1) is 12.8 Å². The zero-order chi connectivity index (χ0) is 15.1. The van der Waals surface area contributed by atoms with E-state index in [1.165, 1.54) is 0 Å². The summed E-state index contributed by atoms with van der Waals surface area (Å²) in [5, 5.41) is 3.95. The van der Waals surface area contributed by atoms with Gasteiger partial charge in [-0.05, 0) is 55.8 Å². The fourth-order valence-electron chi connectivity index (χ4n) is 1.75. The summed E-state index contributed by atoms with van der Waals surface area (Å²) in [5.41, 5.74) is 5.10. The highest BCUT2D eigenvalue weighted by Gasteiger charge is 2.02. The molecular formula is C17H18N2O2. The van der Waals surface area contributed by atoms with Crippen molar-refractivity contribution in [2.75, 3.05) is 6.61 Å². The van der Waals surface area contributed by atoms with Crippen LogP contribution in [0.3, 0.4) is 0 Å². The highest BCUT2D eigenvalue weighted by atomic mass is 16.5. The van der Waals surface area contributed by atoms with Crippen LogP contribution in [0, 0.1) is 6.92 Å². The fourth-order valence-corrected chi connectivity index (χ4v) is 1.75. The Morgan fingerprint density at radius 3 is 2.43 bits per heavy atom. The van der Waals surface area contributed by atoms with E-state index in [2.05, 4.69) is 10.5 Å². The number of amides is 1. The van der Waals surface area contributed by atoms with E-state index in [1.807, 2.05) is 50.2 Å². The molecule has 2 aromatic rings. The van der Waals surface area contributed by atoms with Gasteiger partial charge in [0.1, 0.15) is 5.75 Å². The van der Waals surface area contributed by atoms with Gasteiger partial charge in [-0.1, -0.05) is 17.7 Å². The number of carbonyl (C=O) groups is 1. The monoisotopic (exact) mass is 282 g/mol. The first kappa shape index (κ1) is 14.8. The normalized spacial score (nSPS) is 10.6. The van der Waals surface area contributed by atoms with Crippen LogP contribution in [0.4, 0.5) is 0 Å². The van der Waals surface area contributed by atoms with Crippen molar-refractivity contribution in [3.05, 3.63) is 65.2 Å². The Kier molecular flexibility index (Phi) is 5.10. The summed E-state index contributed by atoms with van der Waals surface area (Å²) >= 11 is 0. The van der Waals surface area contributed by atoms with Gasteiger partial charge in [0.15, 0.2) is 0 Å². The van der Waals surface area contributed by atoms with Crippen molar-refractivity contribution >= 4 is 12.1 Å². The number of aryl methyl sites for hydroxylation is 1. The third kappa shape index (κ3) is 4.45. The first-order valence-electron chi connectivity index (χ1n) is 6.82. The summed E-state index contributed by atoms with van der Waals surface area (Å²) in [5.74, 6) is 0.593. The number of hydrazone groups is 1. The van der Waals surface area contributed by atoms with E-state index in [4.69, 9.17) is 4.74 Å². The molecule has 0 saturated carbocycles. The molecule has 1 N–H and O–H groups in total. The van der Waals surface area contributed by atoms with Crippen molar-refractivity contribution in [3.63, 3.8) is 0 Å². The summed E-state index contributed by atoms with van der Waals surface area (Å²) in [6.45, 7) is 4.56. The molecule has 0 heterocycles. The molecule has 0 radical (unpaired) electrons. The van der Waals surface area contributed by atoms with Crippen LogP contribution >= 0.6 is 0 Å². The number of hydrogen-bond donors (Lipinski definition) is 1. The van der Waals surface area contributed by atoms with E-state index in [-0.39, 0.29) is 5.91 Å². The van der Waals surface area contributed by atoms with Gasteiger partial charge in [0.25, 0.3) is 5.91 Å². The van der Waals surface area contributed by atoms with E-state index in [0.717, 1.165) is 16.9 Å². The number of benzene rings is 2. The quantitative estimate of drug-likeness (QED) is 0.676. The first-order chi connectivity index (χ1) is 10.2. The molecule has 0 aliphatic carbocycles. The van der Waals surface area contributed by atoms with E-state index in [0.29, 0.717) is 12.2 Å². The van der Waals surface area contributed by atoms with Crippen LogP contribution in [0.1, 0.15) is 28.4 Å². The SMILES string of the molecule is CCOc1ccc(/C=N/NC(=O)c2ccc(C)cc2)cc1. The molecule has 0 fully saturated rings. The zero-order valence-corrected chi connectivity index (χ0v) is 12.2. The van der Waals surface area contributed by atoms with Crippen molar-refractivity contribution in [2.45, 2.75) is 13.8 Å². The van der Waals surface area contributed by atoms with E-state index < -0.39 is 0 Å². The van der Waals surface area contributed by atoms with Crippen LogP contribution in [0.2, 0.25) is 0 Å². The molecule has 0 unspecified atom stereocenters. The number of hydrogen-bond acceptors (Lipinski definition) is 3. The summed E-state index contributed by atoms with van der Waals surface area (Å²) < 4.78 is 5.36. The molecule has 108 valence electrons. The summed E-state index contributed by atoms with van der Waals surface area (Å²) in [4.78, 5) is 11.8. The molecule has 4 heteroatoms. The second-order valence-corrected chi connectivity index (χ2v) is 4.57. The fraction of sp³-hybridized carbons (Fsp3) is 0.176. The predicted octanol–water partition coefficient (Wildman–Crippen LogP) is 3.16. The molecule has 0 aliphatic rings. The Morgan fingerprint density at radius 2 is 1.81 bits per heavy atom. The van der Waals surface area contributed by atoms with Gasteiger partial charge in [-0.15, -0.1) is 0 Å². The number of ether oxygens (including phenoxy) is 1. The molecule has 0 spiro atoms. The smallest absolute Gasteiger partial charge is 0.271 e. The van der Waals surface area contributed by atoms with Gasteiger partial charge in [-0.3, -0.25) is 4.79 Å². The van der Waals surface area contributed by atoms with Crippen LogP contribution in [0.25, 0.3) is 0 Å². The second kappa shape index (κ2) is 7.24. The van der Waals surface area contributed by atoms with Gasteiger partial charge in [-0.25, -0.2) is 5.43 Å². The molecule has 21 heavy (non-hydrogen) atoms. The number of nitrogens with one attached hydrogen (secondary N) is 1. The highest BCUT2D eigenvalue weighted by molar-refractivity contribution is 5.94. The summed E-state index contributed by atoms with van der Waals surface area (Å²) in [6, 6.07) is 14.8. The summed E-state index contributed by atoms with van der Waals surface area (Å²) in [6.07, 6.45) is 1.60. The average molecular weight is 282 g/mol. The van der Waals surface area contributed by atoms with Gasteiger partial charge >= 0.3 is 0 Å². The minimum absolute atomic E-state index is 0.225. The van der Waals surface area contributed by atoms with Gasteiger partial charge in [0.2, 0.25) is 0 Å². The number of carbonyl (C=O) groups excluding carboxylic acids is 1. The Hall–Kier alpha value is -2.62. The summed E-state index contributed by atoms with van der Waals surface area (Å²) in [7, 11) is 0. The van der Waals surface area contributed by atoms with Gasteiger partial charge in [-0.2, -0.15) is 5.10 Å². The zero-order valence-electron chi connectivity index (χ0n) is 12.2. The number of rotatable bonds is 5. The van der Waals surface area contributed by atoms with Crippen LogP contribution < -0.4 is 10.2 Å². The minimum Gasteiger partial charge on any atom is -0.494 e. The molecule has 4 nitrogen and oxygen atoms in total. The lowest BCUT2D eigenvalue weighted by Gasteiger charge is -2.02. The molecule has 0 atom stereocenters. The molecule has 2 rings (SSSR count). The Morgan fingerprint density at radius 1 is 1.14 bits per heavy atom. The largest absolute Gasteiger partial charge is 0.494 e. The maximum absolute atomic E-state index is 11.8. The van der Waals surface area contributed by atoms with Gasteiger partial charge in [0, 0.05) is 5.56 Å².